The maximum absolute atomic E-state index is 11.0. The molecule has 0 unspecified atom stereocenters. The minimum absolute atomic E-state index is 0.0742. The highest BCUT2D eigenvalue weighted by Crippen LogP contribution is 2.29. The molecule has 0 aromatic rings. The van der Waals surface area contributed by atoms with Gasteiger partial charge in [0.15, 0.2) is 0 Å². The number of nitrogens with zero attached hydrogens (tertiary/aromatic N) is 1. The normalized spacial score (nSPS) is 17.7. The number of hydrogen-bond donors (Lipinski definition) is 1. The van der Waals surface area contributed by atoms with E-state index >= 15 is 0 Å². The average molecular weight is 299 g/mol. The van der Waals surface area contributed by atoms with E-state index in [1.54, 1.807) is 0 Å². The fourth-order valence-electron chi connectivity index (χ4n) is 0.650. The second-order valence-electron chi connectivity index (χ2n) is 1.86. The Morgan fingerprint density at radius 3 is 1.67 bits per heavy atom. The molecule has 7 heteroatoms. The Kier molecular flexibility index (Phi) is 2.34. The van der Waals surface area contributed by atoms with Crippen molar-refractivity contribution >= 4 is 49.8 Å². The second-order valence-corrected chi connectivity index (χ2v) is 3.44. The zero-order valence-electron chi connectivity index (χ0n) is 5.38. The first-order valence-electron chi connectivity index (χ1n) is 2.63. The lowest BCUT2D eigenvalue weighted by Crippen LogP contribution is -2.35. The molecule has 0 fully saturated rings. The minimum atomic E-state index is -1.59. The number of imide groups is 3. The fraction of sp³-hybridized carbons (Fsp3) is 0. The zero-order valence-corrected chi connectivity index (χ0v) is 8.55. The third kappa shape index (κ3) is 1.18. The molecule has 1 heterocycles. The summed E-state index contributed by atoms with van der Waals surface area (Å²) in [7, 11) is 0. The van der Waals surface area contributed by atoms with E-state index in [4.69, 9.17) is 5.11 Å². The fourth-order valence-corrected chi connectivity index (χ4v) is 1.34. The van der Waals surface area contributed by atoms with Crippen molar-refractivity contribution in [1.82, 2.24) is 4.90 Å². The van der Waals surface area contributed by atoms with Crippen LogP contribution in [0.5, 0.6) is 0 Å². The molecule has 0 saturated carbocycles. The highest BCUT2D eigenvalue weighted by atomic mass is 79.9. The van der Waals surface area contributed by atoms with E-state index in [1.807, 2.05) is 0 Å². The van der Waals surface area contributed by atoms with Gasteiger partial charge in [-0.05, 0) is 31.9 Å². The van der Waals surface area contributed by atoms with Crippen LogP contribution in [0.4, 0.5) is 4.79 Å². The molecule has 1 rings (SSSR count). The second kappa shape index (κ2) is 2.98. The summed E-state index contributed by atoms with van der Waals surface area (Å²) >= 11 is 5.55. The molecule has 1 aliphatic heterocycles. The molecule has 0 aromatic heterocycles. The third-order valence-electron chi connectivity index (χ3n) is 1.17. The van der Waals surface area contributed by atoms with Gasteiger partial charge in [-0.15, -0.1) is 0 Å². The van der Waals surface area contributed by atoms with Gasteiger partial charge in [0.2, 0.25) is 0 Å². The molecule has 0 spiro atoms. The third-order valence-corrected chi connectivity index (χ3v) is 3.17. The SMILES string of the molecule is O=C(O)N1C(=O)C(Br)=C(Br)C1=O. The molecule has 12 heavy (non-hydrogen) atoms. The smallest absolute Gasteiger partial charge is 0.421 e. The highest BCUT2D eigenvalue weighted by Gasteiger charge is 2.40. The number of amides is 3. The van der Waals surface area contributed by atoms with Crippen molar-refractivity contribution in [2.45, 2.75) is 0 Å². The van der Waals surface area contributed by atoms with E-state index in [9.17, 15) is 14.4 Å². The molecule has 0 bridgehead atoms. The van der Waals surface area contributed by atoms with Crippen LogP contribution in [0.3, 0.4) is 0 Å². The standard InChI is InChI=1S/C5HBr2NO4/c6-1-2(7)4(10)8(3(1)9)5(11)12/h(H,11,12). The van der Waals surface area contributed by atoms with Gasteiger partial charge in [-0.2, -0.15) is 4.90 Å². The van der Waals surface area contributed by atoms with Crippen LogP contribution < -0.4 is 0 Å². The van der Waals surface area contributed by atoms with Crippen molar-refractivity contribution in [3.63, 3.8) is 0 Å². The molecule has 0 radical (unpaired) electrons. The Bertz CT molecular complexity index is 297. The summed E-state index contributed by atoms with van der Waals surface area (Å²) in [5, 5.41) is 8.41. The van der Waals surface area contributed by atoms with Crippen LogP contribution in [0.1, 0.15) is 0 Å². The number of hydrogen-bond acceptors (Lipinski definition) is 3. The summed E-state index contributed by atoms with van der Waals surface area (Å²) < 4.78 is -0.148. The van der Waals surface area contributed by atoms with Gasteiger partial charge in [0.1, 0.15) is 8.96 Å². The van der Waals surface area contributed by atoms with Crippen molar-refractivity contribution in [3.05, 3.63) is 8.96 Å². The topological polar surface area (TPSA) is 74.7 Å². The minimum Gasteiger partial charge on any atom is -0.464 e. The van der Waals surface area contributed by atoms with Crippen LogP contribution >= 0.6 is 31.9 Å². The average Bonchev–Trinajstić information content (AvgIpc) is 2.16. The van der Waals surface area contributed by atoms with Crippen molar-refractivity contribution in [2.24, 2.45) is 0 Å². The van der Waals surface area contributed by atoms with Gasteiger partial charge in [-0.1, -0.05) is 0 Å². The molecule has 0 saturated heterocycles. The maximum atomic E-state index is 11.0. The van der Waals surface area contributed by atoms with Crippen molar-refractivity contribution in [3.8, 4) is 0 Å². The summed E-state index contributed by atoms with van der Waals surface area (Å²) in [5.74, 6) is -1.75. The van der Waals surface area contributed by atoms with Gasteiger partial charge in [0.25, 0.3) is 11.8 Å². The first-order valence-corrected chi connectivity index (χ1v) is 4.22. The molecule has 3 amide bonds. The summed E-state index contributed by atoms with van der Waals surface area (Å²) in [5.41, 5.74) is 0. The van der Waals surface area contributed by atoms with Crippen LogP contribution in [-0.2, 0) is 9.59 Å². The number of halogens is 2. The van der Waals surface area contributed by atoms with Gasteiger partial charge in [0.05, 0.1) is 0 Å². The monoisotopic (exact) mass is 297 g/mol. The van der Waals surface area contributed by atoms with Gasteiger partial charge < -0.3 is 5.11 Å². The van der Waals surface area contributed by atoms with Crippen LogP contribution in [0.15, 0.2) is 8.96 Å². The summed E-state index contributed by atoms with van der Waals surface area (Å²) in [6.45, 7) is 0. The molecular formula is C5HBr2NO4. The molecule has 1 N–H and O–H groups in total. The number of carbonyl (C=O) groups excluding carboxylic acids is 2. The van der Waals surface area contributed by atoms with Gasteiger partial charge >= 0.3 is 6.09 Å². The van der Waals surface area contributed by atoms with Crippen LogP contribution in [0.25, 0.3) is 0 Å². The van der Waals surface area contributed by atoms with Crippen LogP contribution in [0, 0.1) is 0 Å². The lowest BCUT2D eigenvalue weighted by atomic mass is 10.6. The summed E-state index contributed by atoms with van der Waals surface area (Å²) in [6.07, 6.45) is -1.59. The molecular weight excluding hydrogens is 298 g/mol. The molecule has 1 aliphatic rings. The summed E-state index contributed by atoms with van der Waals surface area (Å²) in [4.78, 5) is 32.4. The highest BCUT2D eigenvalue weighted by molar-refractivity contribution is 9.14. The van der Waals surface area contributed by atoms with E-state index < -0.39 is 17.9 Å². The first-order chi connectivity index (χ1) is 5.46. The van der Waals surface area contributed by atoms with Gasteiger partial charge in [-0.3, -0.25) is 9.59 Å². The van der Waals surface area contributed by atoms with E-state index in [0.717, 1.165) is 0 Å². The maximum Gasteiger partial charge on any atom is 0.421 e. The van der Waals surface area contributed by atoms with Crippen molar-refractivity contribution < 1.29 is 19.5 Å². The predicted molar refractivity (Wildman–Crippen MR) is 44.8 cm³/mol. The zero-order chi connectivity index (χ0) is 9.46. The summed E-state index contributed by atoms with van der Waals surface area (Å²) in [6, 6.07) is 0. The largest absolute Gasteiger partial charge is 0.464 e. The van der Waals surface area contributed by atoms with Crippen LogP contribution in [0.2, 0.25) is 0 Å². The molecule has 0 aromatic carbocycles. The van der Waals surface area contributed by atoms with Crippen molar-refractivity contribution in [1.29, 1.82) is 0 Å². The lowest BCUT2D eigenvalue weighted by Gasteiger charge is -2.05. The van der Waals surface area contributed by atoms with Gasteiger partial charge in [0, 0.05) is 0 Å². The quantitative estimate of drug-likeness (QED) is 0.678. The molecule has 64 valence electrons. The number of rotatable bonds is 0. The Balaban J connectivity index is 3.12. The Morgan fingerprint density at radius 1 is 1.17 bits per heavy atom. The van der Waals surface area contributed by atoms with E-state index in [-0.39, 0.29) is 13.9 Å². The molecule has 5 nitrogen and oxygen atoms in total. The Hall–Kier alpha value is -0.690. The number of carboxylic acid groups (broad SMARTS) is 1. The Morgan fingerprint density at radius 2 is 1.50 bits per heavy atom. The number of carbonyl (C=O) groups is 3. The van der Waals surface area contributed by atoms with Crippen LogP contribution in [-0.4, -0.2) is 27.9 Å². The van der Waals surface area contributed by atoms with E-state index in [2.05, 4.69) is 31.9 Å². The first kappa shape index (κ1) is 9.40. The lowest BCUT2D eigenvalue weighted by molar-refractivity contribution is -0.134. The van der Waals surface area contributed by atoms with Crippen molar-refractivity contribution in [2.75, 3.05) is 0 Å². The predicted octanol–water partition coefficient (Wildman–Crippen LogP) is 1.03. The Labute approximate surface area is 83.3 Å². The van der Waals surface area contributed by atoms with E-state index in [1.165, 1.54) is 0 Å². The van der Waals surface area contributed by atoms with E-state index in [0.29, 0.717) is 0 Å². The molecule has 0 aliphatic carbocycles. The molecule has 0 atom stereocenters. The van der Waals surface area contributed by atoms with Gasteiger partial charge in [-0.25, -0.2) is 4.79 Å².